The van der Waals surface area contributed by atoms with E-state index in [0.717, 1.165) is 41.1 Å². The fourth-order valence-electron chi connectivity index (χ4n) is 3.35. The fourth-order valence-corrected chi connectivity index (χ4v) is 3.57. The van der Waals surface area contributed by atoms with Crippen LogP contribution in [0.25, 0.3) is 11.0 Å². The molecule has 1 atom stereocenters. The van der Waals surface area contributed by atoms with E-state index >= 15 is 0 Å². The lowest BCUT2D eigenvalue weighted by Crippen LogP contribution is -2.12. The largest absolute Gasteiger partial charge is 0.453 e. The van der Waals surface area contributed by atoms with Crippen LogP contribution >= 0.6 is 11.6 Å². The number of nitrogens with zero attached hydrogens (tertiary/aromatic N) is 1. The number of halogens is 1. The fraction of sp³-hybridized carbons (Fsp3) is 0.368. The molecule has 130 valence electrons. The summed E-state index contributed by atoms with van der Waals surface area (Å²) in [5.41, 5.74) is 3.26. The molecular weight excluding hydrogens is 340 g/mol. The van der Waals surface area contributed by atoms with Gasteiger partial charge in [0.15, 0.2) is 5.76 Å². The summed E-state index contributed by atoms with van der Waals surface area (Å²) in [4.78, 5) is 17.2. The Morgan fingerprint density at radius 1 is 1.36 bits per heavy atom. The molecule has 2 aromatic heterocycles. The van der Waals surface area contributed by atoms with Gasteiger partial charge < -0.3 is 14.2 Å². The predicted octanol–water partition coefficient (Wildman–Crippen LogP) is 4.72. The van der Waals surface area contributed by atoms with Gasteiger partial charge in [-0.1, -0.05) is 18.5 Å². The molecule has 1 unspecified atom stereocenters. The highest BCUT2D eigenvalue weighted by atomic mass is 35.5. The Morgan fingerprint density at radius 2 is 2.16 bits per heavy atom. The highest BCUT2D eigenvalue weighted by Crippen LogP contribution is 2.40. The van der Waals surface area contributed by atoms with Crippen molar-refractivity contribution in [2.45, 2.75) is 33.6 Å². The molecule has 3 aromatic rings. The quantitative estimate of drug-likeness (QED) is 0.686. The smallest absolute Gasteiger partial charge is 0.207 e. The van der Waals surface area contributed by atoms with Gasteiger partial charge in [0.05, 0.1) is 22.8 Å². The average molecular weight is 359 g/mol. The molecule has 5 nitrogen and oxygen atoms in total. The number of rotatable bonds is 3. The summed E-state index contributed by atoms with van der Waals surface area (Å²) >= 11 is 6.35. The van der Waals surface area contributed by atoms with E-state index in [1.165, 1.54) is 0 Å². The number of carbonyl (C=O) groups excluding carboxylic acids is 1. The summed E-state index contributed by atoms with van der Waals surface area (Å²) in [5.74, 6) is 1.79. The van der Waals surface area contributed by atoms with Gasteiger partial charge in [-0.15, -0.1) is 0 Å². The molecule has 0 saturated carbocycles. The second-order valence-electron chi connectivity index (χ2n) is 6.74. The van der Waals surface area contributed by atoms with Crippen molar-refractivity contribution in [1.82, 2.24) is 4.98 Å². The number of oxazole rings is 1. The van der Waals surface area contributed by atoms with Crippen LogP contribution in [-0.2, 0) is 12.8 Å². The van der Waals surface area contributed by atoms with E-state index in [9.17, 15) is 4.79 Å². The number of aromatic nitrogens is 1. The lowest BCUT2D eigenvalue weighted by molar-refractivity contribution is 0.0959. The van der Waals surface area contributed by atoms with Crippen molar-refractivity contribution in [1.29, 1.82) is 0 Å². The number of carbonyl (C=O) groups is 1. The lowest BCUT2D eigenvalue weighted by atomic mass is 9.98. The van der Waals surface area contributed by atoms with E-state index in [1.54, 1.807) is 6.07 Å². The minimum absolute atomic E-state index is 0.0897. The summed E-state index contributed by atoms with van der Waals surface area (Å²) in [6.07, 6.45) is 0.852. The van der Waals surface area contributed by atoms with Crippen LogP contribution in [0, 0.1) is 19.8 Å². The maximum Gasteiger partial charge on any atom is 0.207 e. The molecule has 0 aliphatic carbocycles. The molecule has 0 amide bonds. The van der Waals surface area contributed by atoms with Crippen molar-refractivity contribution in [3.05, 3.63) is 45.8 Å². The van der Waals surface area contributed by atoms with Crippen LogP contribution in [0.3, 0.4) is 0 Å². The number of nitrogens with one attached hydrogen (secondary N) is 1. The highest BCUT2D eigenvalue weighted by Gasteiger charge is 2.28. The van der Waals surface area contributed by atoms with Crippen LogP contribution in [0.2, 0.25) is 5.02 Å². The summed E-state index contributed by atoms with van der Waals surface area (Å²) in [7, 11) is 0. The van der Waals surface area contributed by atoms with Gasteiger partial charge in [0, 0.05) is 17.5 Å². The Balaban J connectivity index is 1.80. The third kappa shape index (κ3) is 2.72. The van der Waals surface area contributed by atoms with Crippen molar-refractivity contribution in [3.8, 4) is 0 Å². The summed E-state index contributed by atoms with van der Waals surface area (Å²) < 4.78 is 11.5. The van der Waals surface area contributed by atoms with Crippen LogP contribution < -0.4 is 5.32 Å². The molecule has 1 aromatic carbocycles. The van der Waals surface area contributed by atoms with E-state index in [-0.39, 0.29) is 12.2 Å². The normalized spacial score (nSPS) is 16.7. The molecule has 4 rings (SSSR count). The zero-order valence-electron chi connectivity index (χ0n) is 14.4. The van der Waals surface area contributed by atoms with Crippen LogP contribution in [0.15, 0.2) is 21.0 Å². The minimum Gasteiger partial charge on any atom is -0.453 e. The maximum absolute atomic E-state index is 12.9. The minimum atomic E-state index is -0.122. The Morgan fingerprint density at radius 3 is 2.88 bits per heavy atom. The van der Waals surface area contributed by atoms with Crippen LogP contribution in [0.1, 0.15) is 40.4 Å². The average Bonchev–Trinajstić information content (AvgIpc) is 3.00. The monoisotopic (exact) mass is 358 g/mol. The van der Waals surface area contributed by atoms with Gasteiger partial charge >= 0.3 is 0 Å². The molecule has 0 bridgehead atoms. The number of hydrogen-bond acceptors (Lipinski definition) is 5. The van der Waals surface area contributed by atoms with E-state index < -0.39 is 0 Å². The SMILES string of the molecule is Cc1nc(CC(=O)c2oc3ccc(Cl)c4c3c2CC(C)CN4)oc1C. The van der Waals surface area contributed by atoms with Gasteiger partial charge in [0.1, 0.15) is 11.3 Å². The number of aryl methyl sites for hydroxylation is 2. The van der Waals surface area contributed by atoms with Crippen LogP contribution in [0.5, 0.6) is 0 Å². The van der Waals surface area contributed by atoms with Gasteiger partial charge in [-0.2, -0.15) is 0 Å². The van der Waals surface area contributed by atoms with Crippen LogP contribution in [-0.4, -0.2) is 17.3 Å². The second-order valence-corrected chi connectivity index (χ2v) is 7.15. The van der Waals surface area contributed by atoms with E-state index in [0.29, 0.717) is 28.2 Å². The van der Waals surface area contributed by atoms with Crippen molar-refractivity contribution in [3.63, 3.8) is 0 Å². The first-order valence-electron chi connectivity index (χ1n) is 8.38. The first-order valence-corrected chi connectivity index (χ1v) is 8.75. The molecule has 3 heterocycles. The Bertz CT molecular complexity index is 967. The number of Topliss-reactive ketones (excluding diaryl/α,β-unsaturated/α-hetero) is 1. The Hall–Kier alpha value is -2.27. The van der Waals surface area contributed by atoms with E-state index in [2.05, 4.69) is 17.2 Å². The Labute approximate surface area is 150 Å². The number of anilines is 1. The van der Waals surface area contributed by atoms with Crippen molar-refractivity contribution < 1.29 is 13.6 Å². The molecule has 6 heteroatoms. The molecule has 0 saturated heterocycles. The standard InChI is InChI=1S/C19H19ClN2O3/c1-9-6-12-17-15(5-4-13(20)18(17)21-8-9)25-19(12)14(23)7-16-22-10(2)11(3)24-16/h4-5,9,21H,6-8H2,1-3H3. The number of benzene rings is 1. The van der Waals surface area contributed by atoms with E-state index in [1.807, 2.05) is 19.9 Å². The molecule has 1 aliphatic rings. The maximum atomic E-state index is 12.9. The zero-order valence-corrected chi connectivity index (χ0v) is 15.2. The topological polar surface area (TPSA) is 68.3 Å². The van der Waals surface area contributed by atoms with Crippen molar-refractivity contribution in [2.24, 2.45) is 5.92 Å². The first kappa shape index (κ1) is 16.2. The van der Waals surface area contributed by atoms with Gasteiger partial charge in [-0.3, -0.25) is 4.79 Å². The first-order chi connectivity index (χ1) is 11.9. The van der Waals surface area contributed by atoms with Crippen LogP contribution in [0.4, 0.5) is 5.69 Å². The number of hydrogen-bond donors (Lipinski definition) is 1. The predicted molar refractivity (Wildman–Crippen MR) is 96.6 cm³/mol. The third-order valence-electron chi connectivity index (χ3n) is 4.72. The molecule has 0 fully saturated rings. The molecule has 1 aliphatic heterocycles. The highest BCUT2D eigenvalue weighted by molar-refractivity contribution is 6.35. The third-order valence-corrected chi connectivity index (χ3v) is 5.04. The summed E-state index contributed by atoms with van der Waals surface area (Å²) in [5, 5.41) is 4.94. The molecule has 25 heavy (non-hydrogen) atoms. The molecular formula is C19H19ClN2O3. The van der Waals surface area contributed by atoms with Crippen molar-refractivity contribution >= 4 is 34.0 Å². The molecule has 0 radical (unpaired) electrons. The van der Waals surface area contributed by atoms with Gasteiger partial charge in [-0.25, -0.2) is 4.98 Å². The van der Waals surface area contributed by atoms with Gasteiger partial charge in [0.2, 0.25) is 11.7 Å². The summed E-state index contributed by atoms with van der Waals surface area (Å²) in [6.45, 7) is 6.65. The number of furan rings is 1. The number of ketones is 1. The zero-order chi connectivity index (χ0) is 17.7. The molecule has 1 N–H and O–H groups in total. The van der Waals surface area contributed by atoms with E-state index in [4.69, 9.17) is 20.4 Å². The summed E-state index contributed by atoms with van der Waals surface area (Å²) in [6, 6.07) is 3.61. The van der Waals surface area contributed by atoms with Gasteiger partial charge in [-0.05, 0) is 38.3 Å². The second kappa shape index (κ2) is 5.92. The Kier molecular flexibility index (Phi) is 3.84. The van der Waals surface area contributed by atoms with Gasteiger partial charge in [0.25, 0.3) is 0 Å². The lowest BCUT2D eigenvalue weighted by Gasteiger charge is -2.10. The van der Waals surface area contributed by atoms with Crippen molar-refractivity contribution in [2.75, 3.05) is 11.9 Å². The molecule has 0 spiro atoms.